The highest BCUT2D eigenvalue weighted by molar-refractivity contribution is 7.90. The summed E-state index contributed by atoms with van der Waals surface area (Å²) in [6, 6.07) is 30.5. The monoisotopic (exact) mass is 1050 g/mol. The second kappa shape index (κ2) is 30.9. The average molecular weight is 1050 g/mol. The number of hydrogen-bond acceptors (Lipinski definition) is 13. The van der Waals surface area contributed by atoms with Crippen LogP contribution in [0.25, 0.3) is 10.8 Å². The van der Waals surface area contributed by atoms with Gasteiger partial charge < -0.3 is 24.8 Å². The number of rotatable bonds is 17. The SMILES string of the molecule is C.CC(C)NS(=O)(=O)c1cccc2c(N(C)C)cccc12.CC(C)Nc1ccc([N+](=O)[O-])cc1.CC(C)OCC(=O)O.COc1ccc(S(=O)(=O)NC(C)C)cc1.Cc1ccc(S(=O)(=O)NC(C)C)cc1. The molecule has 0 aliphatic heterocycles. The van der Waals surface area contributed by atoms with Crippen molar-refractivity contribution in [3.05, 3.63) is 125 Å². The zero-order chi connectivity index (χ0) is 53.6. The summed E-state index contributed by atoms with van der Waals surface area (Å²) in [4.78, 5) is 22.6. The molecule has 0 aliphatic rings. The second-order valence-corrected chi connectivity index (χ2v) is 22.3. The minimum Gasteiger partial charge on any atom is -0.497 e. The maximum atomic E-state index is 12.4. The molecule has 71 heavy (non-hydrogen) atoms. The van der Waals surface area contributed by atoms with Crippen molar-refractivity contribution >= 4 is 63.9 Å². The van der Waals surface area contributed by atoms with Gasteiger partial charge in [0, 0.05) is 72.5 Å². The molecule has 0 aliphatic carbocycles. The molecule has 0 saturated carbocycles. The fourth-order valence-electron chi connectivity index (χ4n) is 5.74. The Hall–Kier alpha value is -5.68. The van der Waals surface area contributed by atoms with Gasteiger partial charge in [-0.05, 0) is 137 Å². The Morgan fingerprint density at radius 3 is 1.45 bits per heavy atom. The Morgan fingerprint density at radius 2 is 1.07 bits per heavy atom. The van der Waals surface area contributed by atoms with Crippen LogP contribution in [-0.4, -0.2) is 99.3 Å². The first-order valence-electron chi connectivity index (χ1n) is 22.2. The molecule has 396 valence electrons. The lowest BCUT2D eigenvalue weighted by Crippen LogP contribution is -2.30. The van der Waals surface area contributed by atoms with E-state index in [0.29, 0.717) is 21.6 Å². The third kappa shape index (κ3) is 24.8. The summed E-state index contributed by atoms with van der Waals surface area (Å²) in [7, 11) is -4.78. The van der Waals surface area contributed by atoms with Crippen molar-refractivity contribution in [1.29, 1.82) is 0 Å². The summed E-state index contributed by atoms with van der Waals surface area (Å²) in [6.07, 6.45) is 0.00565. The summed E-state index contributed by atoms with van der Waals surface area (Å²) < 4.78 is 88.8. The summed E-state index contributed by atoms with van der Waals surface area (Å²) >= 11 is 0. The van der Waals surface area contributed by atoms with Gasteiger partial charge in [0.25, 0.3) is 5.69 Å². The second-order valence-electron chi connectivity index (χ2n) is 17.2. The lowest BCUT2D eigenvalue weighted by atomic mass is 10.1. The topological polar surface area (TPSA) is 253 Å². The van der Waals surface area contributed by atoms with Gasteiger partial charge in [0.15, 0.2) is 0 Å². The van der Waals surface area contributed by atoms with Gasteiger partial charge in [0.1, 0.15) is 12.4 Å². The zero-order valence-electron chi connectivity index (χ0n) is 42.5. The number of aliphatic carboxylic acids is 1. The van der Waals surface area contributed by atoms with Gasteiger partial charge in [-0.3, -0.25) is 10.1 Å². The predicted molar refractivity (Wildman–Crippen MR) is 286 cm³/mol. The fourth-order valence-corrected chi connectivity index (χ4v) is 9.72. The van der Waals surface area contributed by atoms with Crippen LogP contribution >= 0.6 is 0 Å². The van der Waals surface area contributed by atoms with Crippen molar-refractivity contribution in [1.82, 2.24) is 14.2 Å². The molecule has 0 radical (unpaired) electrons. The molecule has 0 aromatic heterocycles. The van der Waals surface area contributed by atoms with Gasteiger partial charge in [-0.15, -0.1) is 0 Å². The van der Waals surface area contributed by atoms with Crippen LogP contribution in [0.2, 0.25) is 0 Å². The average Bonchev–Trinajstić information content (AvgIpc) is 3.25. The molecular weight excluding hydrogens is 973 g/mol. The molecule has 0 bridgehead atoms. The van der Waals surface area contributed by atoms with Crippen molar-refractivity contribution in [3.8, 4) is 5.75 Å². The Morgan fingerprint density at radius 1 is 0.634 bits per heavy atom. The number of nitro groups is 1. The van der Waals surface area contributed by atoms with Gasteiger partial charge in [-0.25, -0.2) is 44.2 Å². The number of hydrogen-bond donors (Lipinski definition) is 5. The quantitative estimate of drug-likeness (QED) is 0.0430. The first-order chi connectivity index (χ1) is 32.4. The number of carboxylic acid groups (broad SMARTS) is 1. The summed E-state index contributed by atoms with van der Waals surface area (Å²) in [5, 5.41) is 23.2. The predicted octanol–water partition coefficient (Wildman–Crippen LogP) is 9.20. The van der Waals surface area contributed by atoms with Crippen molar-refractivity contribution in [2.75, 3.05) is 38.0 Å². The van der Waals surface area contributed by atoms with Crippen molar-refractivity contribution in [2.45, 2.75) is 129 Å². The lowest BCUT2D eigenvalue weighted by Gasteiger charge is -2.17. The van der Waals surface area contributed by atoms with Crippen LogP contribution in [0.15, 0.2) is 124 Å². The minimum absolute atomic E-state index is 0. The largest absolute Gasteiger partial charge is 0.497 e. The van der Waals surface area contributed by atoms with Crippen LogP contribution < -0.4 is 29.1 Å². The number of nitrogens with zero attached hydrogens (tertiary/aromatic N) is 2. The Balaban J connectivity index is 0.000000882. The van der Waals surface area contributed by atoms with E-state index < -0.39 is 41.0 Å². The molecule has 18 nitrogen and oxygen atoms in total. The van der Waals surface area contributed by atoms with Crippen molar-refractivity contribution in [2.24, 2.45) is 0 Å². The minimum atomic E-state index is -3.50. The highest BCUT2D eigenvalue weighted by Gasteiger charge is 2.20. The molecule has 5 rings (SSSR count). The fraction of sp³-hybridized carbons (Fsp3) is 0.420. The van der Waals surface area contributed by atoms with E-state index >= 15 is 0 Å². The number of carbonyl (C=O) groups is 1. The normalized spacial score (nSPS) is 11.2. The van der Waals surface area contributed by atoms with Crippen LogP contribution in [0.3, 0.4) is 0 Å². The van der Waals surface area contributed by atoms with E-state index in [0.717, 1.165) is 27.7 Å². The van der Waals surface area contributed by atoms with Crippen LogP contribution in [0.1, 0.15) is 82.2 Å². The molecule has 5 aromatic rings. The van der Waals surface area contributed by atoms with E-state index in [9.17, 15) is 40.2 Å². The van der Waals surface area contributed by atoms with E-state index in [1.54, 1.807) is 102 Å². The maximum absolute atomic E-state index is 12.4. The van der Waals surface area contributed by atoms with Gasteiger partial charge in [0.05, 0.1) is 32.8 Å². The molecule has 21 heteroatoms. The Labute approximate surface area is 422 Å². The molecule has 0 fully saturated rings. The van der Waals surface area contributed by atoms with Gasteiger partial charge in [-0.1, -0.05) is 49.4 Å². The van der Waals surface area contributed by atoms with E-state index in [-0.39, 0.29) is 48.8 Å². The molecule has 0 saturated heterocycles. The first kappa shape index (κ1) is 65.3. The number of carboxylic acids is 1. The standard InChI is InChI=1S/C15H20N2O2S.C10H15NO3S.C10H15NO2S.C9H12N2O2.C5H10O3.CH4/c1-11(2)16-20(18,19)15-10-6-7-12-13(15)8-5-9-14(12)17(3)4;1-8(2)11-15(12,13)10-6-4-9(14-3)5-7-10;1-8(2)11-14(12,13)10-6-4-9(3)5-7-10;1-7(2)10-8-3-5-9(6-4-8)11(12)13;1-4(2)8-3-5(6)7;/h5-11,16H,1-4H3;4-8,11H,1-3H3;4-8,11H,1-3H3;3-7,10H,1-2H3;4H,3H2,1-2H3,(H,6,7);1H4. The third-order valence-electron chi connectivity index (χ3n) is 8.58. The molecular formula is C50H76N6O12S3. The molecule has 0 atom stereocenters. The van der Waals surface area contributed by atoms with Crippen LogP contribution in [0.4, 0.5) is 17.1 Å². The van der Waals surface area contributed by atoms with Gasteiger partial charge >= 0.3 is 5.97 Å². The number of methoxy groups -OCH3 is 1. The Bertz CT molecular complexity index is 2710. The number of anilines is 2. The Kier molecular flexibility index (Phi) is 28.5. The summed E-state index contributed by atoms with van der Waals surface area (Å²) in [6.45, 7) is 20.1. The van der Waals surface area contributed by atoms with Crippen LogP contribution in [0, 0.1) is 17.0 Å². The van der Waals surface area contributed by atoms with Gasteiger partial charge in [-0.2, -0.15) is 0 Å². The maximum Gasteiger partial charge on any atom is 0.329 e. The van der Waals surface area contributed by atoms with E-state index in [4.69, 9.17) is 14.6 Å². The smallest absolute Gasteiger partial charge is 0.329 e. The van der Waals surface area contributed by atoms with Crippen LogP contribution in [0.5, 0.6) is 5.75 Å². The highest BCUT2D eigenvalue weighted by Crippen LogP contribution is 2.30. The number of non-ortho nitro benzene ring substituents is 1. The summed E-state index contributed by atoms with van der Waals surface area (Å²) in [5.41, 5.74) is 3.08. The molecule has 5 aromatic carbocycles. The number of ether oxygens (including phenoxy) is 2. The first-order valence-corrected chi connectivity index (χ1v) is 26.7. The van der Waals surface area contributed by atoms with E-state index in [2.05, 4.69) is 19.5 Å². The molecule has 0 amide bonds. The summed E-state index contributed by atoms with van der Waals surface area (Å²) in [5.74, 6) is -0.280. The van der Waals surface area contributed by atoms with Crippen molar-refractivity contribution < 1.29 is 49.6 Å². The number of nitrogens with one attached hydrogen (secondary N) is 4. The number of aryl methyl sites for hydroxylation is 1. The number of nitro benzene ring substituents is 1. The molecule has 5 N–H and O–H groups in total. The molecule has 0 unspecified atom stereocenters. The zero-order valence-corrected chi connectivity index (χ0v) is 45.0. The highest BCUT2D eigenvalue weighted by atomic mass is 32.2. The van der Waals surface area contributed by atoms with Crippen molar-refractivity contribution in [3.63, 3.8) is 0 Å². The van der Waals surface area contributed by atoms with Crippen LogP contribution in [-0.2, 0) is 39.6 Å². The van der Waals surface area contributed by atoms with E-state index in [1.807, 2.05) is 77.9 Å². The lowest BCUT2D eigenvalue weighted by molar-refractivity contribution is -0.384. The number of benzene rings is 5. The number of fused-ring (bicyclic) bond motifs is 1. The molecule has 0 heterocycles. The molecule has 0 spiro atoms. The third-order valence-corrected chi connectivity index (χ3v) is 13.6. The van der Waals surface area contributed by atoms with E-state index in [1.165, 1.54) is 31.4 Å². The number of sulfonamides is 3. The van der Waals surface area contributed by atoms with Gasteiger partial charge in [0.2, 0.25) is 30.1 Å².